The Bertz CT molecular complexity index is 876. The minimum Gasteiger partial charge on any atom is -0.544 e. The lowest BCUT2D eigenvalue weighted by molar-refractivity contribution is -0.884. The van der Waals surface area contributed by atoms with Gasteiger partial charge < -0.3 is 19.7 Å². The topological polar surface area (TPSA) is 75.7 Å². The van der Waals surface area contributed by atoms with E-state index in [0.717, 1.165) is 0 Å². The predicted molar refractivity (Wildman–Crippen MR) is 91.0 cm³/mol. The van der Waals surface area contributed by atoms with Gasteiger partial charge in [-0.25, -0.2) is 4.39 Å². The molecule has 0 bridgehead atoms. The van der Waals surface area contributed by atoms with Gasteiger partial charge in [0.25, 0.3) is 5.91 Å². The highest BCUT2D eigenvalue weighted by molar-refractivity contribution is 5.84. The number of likely N-dealkylation sites (N-methyl/N-ethyl adjacent to an activating group) is 1. The summed E-state index contributed by atoms with van der Waals surface area (Å²) in [7, 11) is 3.03. The Morgan fingerprint density at radius 2 is 1.20 bits per heavy atom. The third kappa shape index (κ3) is 7.47. The number of nitrogens with zero attached hydrogens (tertiary/aromatic N) is 3. The van der Waals surface area contributed by atoms with E-state index in [-0.39, 0.29) is 24.0 Å². The third-order valence-corrected chi connectivity index (χ3v) is 4.76. The molecule has 7 nitrogen and oxygen atoms in total. The number of nitrogens with one attached hydrogen (secondary N) is 1. The lowest BCUT2D eigenvalue weighted by atomic mass is 10.2. The highest BCUT2D eigenvalue weighted by Gasteiger charge is 2.89. The zero-order chi connectivity index (χ0) is 32.6. The molecule has 1 fully saturated rings. The van der Waals surface area contributed by atoms with Crippen LogP contribution in [0.3, 0.4) is 0 Å². The average Bonchev–Trinajstić information content (AvgIpc) is 2.67. The van der Waals surface area contributed by atoms with Gasteiger partial charge in [-0.05, 0) is 0 Å². The molecule has 1 heterocycles. The lowest BCUT2D eigenvalue weighted by Gasteiger charge is -2.52. The molecule has 24 heteroatoms. The number of aliphatic carboxylic acids is 1. The molecule has 0 aromatic heterocycles. The van der Waals surface area contributed by atoms with E-state index in [1.165, 1.54) is 19.4 Å². The molecule has 1 aliphatic heterocycles. The molecule has 0 saturated carbocycles. The monoisotopic (exact) mass is 636 g/mol. The Morgan fingerprint density at radius 3 is 1.50 bits per heavy atom. The summed E-state index contributed by atoms with van der Waals surface area (Å²) in [5.74, 6) is -9.18. The number of quaternary nitrogens is 1. The lowest BCUT2D eigenvalue weighted by Crippen LogP contribution is -2.82. The number of piperazine rings is 1. The molecular weight excluding hydrogens is 619 g/mol. The van der Waals surface area contributed by atoms with Gasteiger partial charge in [0.15, 0.2) is 6.80 Å². The number of carbonyl (C=O) groups is 2. The van der Waals surface area contributed by atoms with Crippen LogP contribution in [0.25, 0.3) is 0 Å². The van der Waals surface area contributed by atoms with Gasteiger partial charge in [-0.3, -0.25) is 4.79 Å². The van der Waals surface area contributed by atoms with E-state index in [2.05, 4.69) is 0 Å². The van der Waals surface area contributed by atoms with Crippen LogP contribution in [0.15, 0.2) is 0 Å². The Kier molecular flexibility index (Phi) is 10.8. The number of halogens is 17. The van der Waals surface area contributed by atoms with Gasteiger partial charge in [-0.2, -0.15) is 70.2 Å². The van der Waals surface area contributed by atoms with Crippen LogP contribution in [-0.2, 0) is 9.59 Å². The maximum Gasteiger partial charge on any atom is 0.469 e. The average molecular weight is 636 g/mol. The zero-order valence-electron chi connectivity index (χ0n) is 19.5. The molecule has 1 aliphatic rings. The molecule has 0 aromatic rings. The second kappa shape index (κ2) is 11.5. The van der Waals surface area contributed by atoms with Crippen molar-refractivity contribution >= 4 is 11.9 Å². The SMILES string of the molecule is C[N+](C)(CCCNC(=O)C(F)(F)C(F)(F)F)CC(=O)[O-].FCN1C(F)(F)C(F)(F)N(C(F)(F)F)C(F)(F)C1(F)F. The van der Waals surface area contributed by atoms with E-state index in [4.69, 9.17) is 0 Å². The Labute approximate surface area is 211 Å². The van der Waals surface area contributed by atoms with E-state index in [9.17, 15) is 89.3 Å². The zero-order valence-corrected chi connectivity index (χ0v) is 19.5. The standard InChI is InChI=1S/C10H15F5N2O3.C6H2F12N2/c1-17(2,6-7(18)19)5-3-4-16-8(20)9(11,12)10(13,14)15;7-1-19-2(8,9)4(12,13)20(6(16,17)18)5(14,15)3(19,10)11/h3-6H2,1-2H3,(H-,16,18,19,20);1H2. The molecule has 0 radical (unpaired) electrons. The van der Waals surface area contributed by atoms with Gasteiger partial charge in [-0.1, -0.05) is 4.90 Å². The summed E-state index contributed by atoms with van der Waals surface area (Å²) < 4.78 is 211. The number of carbonyl (C=O) groups excluding carboxylic acids is 2. The van der Waals surface area contributed by atoms with E-state index in [0.29, 0.717) is 0 Å². The Morgan fingerprint density at radius 1 is 0.800 bits per heavy atom. The number of carboxylic acid groups (broad SMARTS) is 1. The first-order valence-electron chi connectivity index (χ1n) is 9.82. The molecule has 0 unspecified atom stereocenters. The van der Waals surface area contributed by atoms with E-state index < -0.39 is 77.6 Å². The summed E-state index contributed by atoms with van der Waals surface area (Å²) in [4.78, 5) is 14.9. The van der Waals surface area contributed by atoms with Crippen LogP contribution in [0.2, 0.25) is 0 Å². The maximum atomic E-state index is 12.9. The van der Waals surface area contributed by atoms with Gasteiger partial charge in [0.05, 0.1) is 26.6 Å². The van der Waals surface area contributed by atoms with Crippen molar-refractivity contribution in [3.05, 3.63) is 0 Å². The molecule has 0 spiro atoms. The van der Waals surface area contributed by atoms with Gasteiger partial charge in [0.2, 0.25) is 0 Å². The van der Waals surface area contributed by atoms with Gasteiger partial charge in [0.1, 0.15) is 6.54 Å². The number of rotatable bonds is 8. The normalized spacial score (nSPS) is 21.3. The summed E-state index contributed by atoms with van der Waals surface area (Å²) in [6.07, 6.45) is -12.8. The number of hydrogen-bond donors (Lipinski definition) is 1. The van der Waals surface area contributed by atoms with E-state index in [1.807, 2.05) is 0 Å². The van der Waals surface area contributed by atoms with Gasteiger partial charge >= 0.3 is 42.6 Å². The summed E-state index contributed by atoms with van der Waals surface area (Å²) >= 11 is 0. The predicted octanol–water partition coefficient (Wildman–Crippen LogP) is 2.94. The Hall–Kier alpha value is -2.37. The number of carboxylic acids is 1. The van der Waals surface area contributed by atoms with Crippen LogP contribution in [0.5, 0.6) is 0 Å². The molecule has 1 rings (SSSR count). The van der Waals surface area contributed by atoms with Crippen LogP contribution in [0, 0.1) is 0 Å². The highest BCUT2D eigenvalue weighted by atomic mass is 19.4. The number of amides is 1. The molecule has 40 heavy (non-hydrogen) atoms. The van der Waals surface area contributed by atoms with Crippen molar-refractivity contribution in [1.82, 2.24) is 15.1 Å². The summed E-state index contributed by atoms with van der Waals surface area (Å²) in [5.41, 5.74) is 0. The van der Waals surface area contributed by atoms with Crippen molar-refractivity contribution in [3.8, 4) is 0 Å². The molecule has 0 aromatic carbocycles. The summed E-state index contributed by atoms with van der Waals surface area (Å²) in [5, 5.41) is 11.9. The van der Waals surface area contributed by atoms with Gasteiger partial charge in [0, 0.05) is 13.0 Å². The van der Waals surface area contributed by atoms with Crippen LogP contribution in [-0.4, -0.2) is 109 Å². The second-order valence-corrected chi connectivity index (χ2v) is 8.39. The molecule has 0 atom stereocenters. The van der Waals surface area contributed by atoms with Crippen LogP contribution in [0.4, 0.5) is 74.6 Å². The Balaban J connectivity index is 0.000000760. The number of hydrogen-bond acceptors (Lipinski definition) is 5. The van der Waals surface area contributed by atoms with Crippen molar-refractivity contribution < 1.29 is 93.8 Å². The maximum absolute atomic E-state index is 12.9. The fourth-order valence-electron chi connectivity index (χ4n) is 2.79. The molecule has 1 amide bonds. The second-order valence-electron chi connectivity index (χ2n) is 8.39. The molecule has 1 saturated heterocycles. The van der Waals surface area contributed by atoms with Crippen molar-refractivity contribution in [2.75, 3.05) is 40.5 Å². The molecule has 0 aliphatic carbocycles. The summed E-state index contributed by atoms with van der Waals surface area (Å²) in [6.45, 7) is -3.84. The fraction of sp³-hybridized carbons (Fsp3) is 0.875. The minimum atomic E-state index is -6.94. The first kappa shape index (κ1) is 37.6. The van der Waals surface area contributed by atoms with E-state index >= 15 is 0 Å². The van der Waals surface area contributed by atoms with Crippen LogP contribution >= 0.6 is 0 Å². The van der Waals surface area contributed by atoms with Crippen molar-refractivity contribution in [2.24, 2.45) is 0 Å². The van der Waals surface area contributed by atoms with Crippen LogP contribution in [0.1, 0.15) is 6.42 Å². The van der Waals surface area contributed by atoms with Crippen LogP contribution < -0.4 is 10.4 Å². The van der Waals surface area contributed by atoms with Crippen molar-refractivity contribution in [2.45, 2.75) is 49.0 Å². The molecule has 238 valence electrons. The van der Waals surface area contributed by atoms with Crippen molar-refractivity contribution in [1.29, 1.82) is 0 Å². The van der Waals surface area contributed by atoms with E-state index in [1.54, 1.807) is 0 Å². The smallest absolute Gasteiger partial charge is 0.469 e. The minimum absolute atomic E-state index is 0.0416. The number of alkyl halides is 17. The quantitative estimate of drug-likeness (QED) is 0.192. The summed E-state index contributed by atoms with van der Waals surface area (Å²) in [6, 6.07) is -26.7. The fourth-order valence-corrected chi connectivity index (χ4v) is 2.79. The first-order valence-corrected chi connectivity index (χ1v) is 9.82. The first-order chi connectivity index (χ1) is 17.4. The third-order valence-electron chi connectivity index (χ3n) is 4.76. The molecule has 1 N–H and O–H groups in total. The molecular formula is C16H17F17N4O3. The highest BCUT2D eigenvalue weighted by Crippen LogP contribution is 2.60. The van der Waals surface area contributed by atoms with Gasteiger partial charge in [-0.15, -0.1) is 4.90 Å². The van der Waals surface area contributed by atoms with Crippen molar-refractivity contribution in [3.63, 3.8) is 0 Å². The largest absolute Gasteiger partial charge is 0.544 e.